The van der Waals surface area contributed by atoms with Gasteiger partial charge in [0.2, 0.25) is 0 Å². The Labute approximate surface area is 124 Å². The number of hydrogen-bond donors (Lipinski definition) is 1. The topological polar surface area (TPSA) is 68.5 Å². The van der Waals surface area contributed by atoms with Crippen LogP contribution in [-0.4, -0.2) is 42.0 Å². The van der Waals surface area contributed by atoms with Crippen molar-refractivity contribution < 1.29 is 9.53 Å². The summed E-state index contributed by atoms with van der Waals surface area (Å²) in [5.74, 6) is 0.498. The van der Waals surface area contributed by atoms with E-state index in [1.54, 1.807) is 7.11 Å². The highest BCUT2D eigenvalue weighted by Crippen LogP contribution is 2.30. The summed E-state index contributed by atoms with van der Waals surface area (Å²) in [6, 6.07) is 0.251. The van der Waals surface area contributed by atoms with Gasteiger partial charge in [0.25, 0.3) is 5.91 Å². The van der Waals surface area contributed by atoms with Crippen molar-refractivity contribution in [3.05, 3.63) is 15.6 Å². The third kappa shape index (κ3) is 2.87. The Morgan fingerprint density at radius 2 is 2.35 bits per heavy atom. The molecule has 2 rings (SSSR count). The summed E-state index contributed by atoms with van der Waals surface area (Å²) in [7, 11) is 1.65. The number of amides is 1. The molecular formula is C14H23N3O2S. The van der Waals surface area contributed by atoms with Crippen molar-refractivity contribution in [1.29, 1.82) is 0 Å². The van der Waals surface area contributed by atoms with Crippen LogP contribution >= 0.6 is 11.3 Å². The lowest BCUT2D eigenvalue weighted by molar-refractivity contribution is 0.0747. The molecule has 0 aliphatic carbocycles. The van der Waals surface area contributed by atoms with E-state index in [1.165, 1.54) is 11.3 Å². The van der Waals surface area contributed by atoms with Crippen LogP contribution in [0.4, 0.5) is 0 Å². The summed E-state index contributed by atoms with van der Waals surface area (Å²) in [4.78, 5) is 19.8. The molecular weight excluding hydrogens is 274 g/mol. The molecule has 6 heteroatoms. The third-order valence-electron chi connectivity index (χ3n) is 3.96. The molecule has 1 fully saturated rings. The van der Waals surface area contributed by atoms with Gasteiger partial charge in [0.05, 0.1) is 5.69 Å². The fourth-order valence-electron chi connectivity index (χ4n) is 2.62. The molecule has 5 nitrogen and oxygen atoms in total. The molecule has 20 heavy (non-hydrogen) atoms. The number of carbonyl (C=O) groups excluding carboxylic acids is 1. The fraction of sp³-hybridized carbons (Fsp3) is 0.714. The van der Waals surface area contributed by atoms with Gasteiger partial charge < -0.3 is 15.4 Å². The van der Waals surface area contributed by atoms with Gasteiger partial charge in [-0.3, -0.25) is 4.79 Å². The molecule has 2 N–H and O–H groups in total. The second-order valence-electron chi connectivity index (χ2n) is 5.49. The van der Waals surface area contributed by atoms with Gasteiger partial charge in [-0.1, -0.05) is 0 Å². The normalized spacial score (nSPS) is 24.1. The zero-order chi connectivity index (χ0) is 14.9. The molecule has 3 unspecified atom stereocenters. The highest BCUT2D eigenvalue weighted by Gasteiger charge is 2.34. The van der Waals surface area contributed by atoms with Crippen LogP contribution in [0, 0.1) is 12.8 Å². The van der Waals surface area contributed by atoms with Gasteiger partial charge in [0.1, 0.15) is 16.0 Å². The largest absolute Gasteiger partial charge is 0.375 e. The number of carbonyl (C=O) groups is 1. The van der Waals surface area contributed by atoms with Gasteiger partial charge in [-0.25, -0.2) is 4.98 Å². The predicted octanol–water partition coefficient (Wildman–Crippen LogP) is 1.97. The number of ether oxygens (including phenoxy) is 1. The first-order chi connectivity index (χ1) is 9.47. The van der Waals surface area contributed by atoms with Crippen LogP contribution in [-0.2, 0) is 4.74 Å². The van der Waals surface area contributed by atoms with E-state index in [-0.39, 0.29) is 18.1 Å². The molecule has 0 bridgehead atoms. The fourth-order valence-corrected chi connectivity index (χ4v) is 3.67. The number of nitrogens with zero attached hydrogens (tertiary/aromatic N) is 2. The Hall–Kier alpha value is -0.980. The lowest BCUT2D eigenvalue weighted by atomic mass is 10.1. The van der Waals surface area contributed by atoms with Gasteiger partial charge in [0.15, 0.2) is 0 Å². The number of aromatic nitrogens is 1. The van der Waals surface area contributed by atoms with Gasteiger partial charge in [-0.15, -0.1) is 11.3 Å². The highest BCUT2D eigenvalue weighted by atomic mass is 32.1. The number of thiazole rings is 1. The van der Waals surface area contributed by atoms with Crippen molar-refractivity contribution in [3.63, 3.8) is 0 Å². The molecule has 1 aromatic rings. The lowest BCUT2D eigenvalue weighted by Gasteiger charge is -2.20. The van der Waals surface area contributed by atoms with Crippen LogP contribution in [0.2, 0.25) is 0 Å². The molecule has 1 aromatic heterocycles. The van der Waals surface area contributed by atoms with E-state index in [0.29, 0.717) is 12.5 Å². The van der Waals surface area contributed by atoms with Crippen LogP contribution in [0.1, 0.15) is 46.7 Å². The molecule has 1 aliphatic rings. The monoisotopic (exact) mass is 297 g/mol. The van der Waals surface area contributed by atoms with Crippen LogP contribution in [0.5, 0.6) is 0 Å². The van der Waals surface area contributed by atoms with Crippen molar-refractivity contribution in [2.75, 3.05) is 20.2 Å². The Morgan fingerprint density at radius 3 is 2.90 bits per heavy atom. The number of rotatable bonds is 4. The molecule has 112 valence electrons. The smallest absolute Gasteiger partial charge is 0.266 e. The maximum atomic E-state index is 12.7. The van der Waals surface area contributed by atoms with E-state index < -0.39 is 0 Å². The second kappa shape index (κ2) is 6.20. The minimum atomic E-state index is -0.0759. The first-order valence-electron chi connectivity index (χ1n) is 6.99. The second-order valence-corrected chi connectivity index (χ2v) is 6.52. The van der Waals surface area contributed by atoms with Crippen LogP contribution < -0.4 is 5.73 Å². The summed E-state index contributed by atoms with van der Waals surface area (Å²) in [5.41, 5.74) is 6.52. The van der Waals surface area contributed by atoms with E-state index in [9.17, 15) is 4.79 Å². The van der Waals surface area contributed by atoms with Crippen LogP contribution in [0.3, 0.4) is 0 Å². The van der Waals surface area contributed by atoms with Gasteiger partial charge in [0, 0.05) is 19.7 Å². The number of likely N-dealkylation sites (tertiary alicyclic amines) is 1. The first-order valence-corrected chi connectivity index (χ1v) is 7.80. The van der Waals surface area contributed by atoms with E-state index >= 15 is 0 Å². The zero-order valence-electron chi connectivity index (χ0n) is 12.5. The van der Waals surface area contributed by atoms with Crippen molar-refractivity contribution >= 4 is 17.2 Å². The van der Waals surface area contributed by atoms with E-state index in [1.807, 2.05) is 18.7 Å². The minimum Gasteiger partial charge on any atom is -0.375 e. The van der Waals surface area contributed by atoms with Crippen molar-refractivity contribution in [1.82, 2.24) is 9.88 Å². The van der Waals surface area contributed by atoms with Gasteiger partial charge in [-0.2, -0.15) is 0 Å². The number of nitrogens with two attached hydrogens (primary N) is 1. The van der Waals surface area contributed by atoms with Gasteiger partial charge in [-0.05, 0) is 39.7 Å². The number of hydrogen-bond acceptors (Lipinski definition) is 5. The van der Waals surface area contributed by atoms with Crippen molar-refractivity contribution in [3.8, 4) is 0 Å². The number of aryl methyl sites for hydroxylation is 1. The van der Waals surface area contributed by atoms with E-state index in [0.717, 1.165) is 28.5 Å². The van der Waals surface area contributed by atoms with Crippen molar-refractivity contribution in [2.24, 2.45) is 11.7 Å². The van der Waals surface area contributed by atoms with E-state index in [2.05, 4.69) is 11.9 Å². The summed E-state index contributed by atoms with van der Waals surface area (Å²) >= 11 is 1.44. The number of methoxy groups -OCH3 is 1. The molecule has 0 saturated carbocycles. The summed E-state index contributed by atoms with van der Waals surface area (Å²) in [5, 5.41) is 0.857. The summed E-state index contributed by atoms with van der Waals surface area (Å²) in [6.07, 6.45) is 0.912. The average Bonchev–Trinajstić information content (AvgIpc) is 3.00. The molecule has 1 saturated heterocycles. The molecule has 1 amide bonds. The Kier molecular flexibility index (Phi) is 4.78. The maximum Gasteiger partial charge on any atom is 0.266 e. The van der Waals surface area contributed by atoms with E-state index in [4.69, 9.17) is 10.5 Å². The molecule has 0 radical (unpaired) electrons. The maximum absolute atomic E-state index is 12.7. The SMILES string of the molecule is COC(C)c1nc(C)c(C(=O)N2CC(CN)CC2C)s1. The van der Waals surface area contributed by atoms with Gasteiger partial charge >= 0.3 is 0 Å². The summed E-state index contributed by atoms with van der Waals surface area (Å²) in [6.45, 7) is 7.31. The molecule has 2 heterocycles. The highest BCUT2D eigenvalue weighted by molar-refractivity contribution is 7.13. The predicted molar refractivity (Wildman–Crippen MR) is 79.9 cm³/mol. The molecule has 1 aliphatic heterocycles. The Balaban J connectivity index is 2.19. The summed E-state index contributed by atoms with van der Waals surface area (Å²) < 4.78 is 5.27. The standard InChI is InChI=1S/C14H23N3O2S/c1-8-5-11(6-15)7-17(8)14(18)12-9(2)16-13(20-12)10(3)19-4/h8,10-11H,5-7,15H2,1-4H3. The third-order valence-corrected chi connectivity index (χ3v) is 5.27. The molecule has 0 aromatic carbocycles. The average molecular weight is 297 g/mol. The molecule has 0 spiro atoms. The quantitative estimate of drug-likeness (QED) is 0.922. The van der Waals surface area contributed by atoms with Crippen molar-refractivity contribution in [2.45, 2.75) is 39.3 Å². The molecule has 3 atom stereocenters. The Morgan fingerprint density at radius 1 is 1.65 bits per heavy atom. The zero-order valence-corrected chi connectivity index (χ0v) is 13.4. The van der Waals surface area contributed by atoms with Crippen LogP contribution in [0.25, 0.3) is 0 Å². The first kappa shape index (κ1) is 15.4. The van der Waals surface area contributed by atoms with Crippen LogP contribution in [0.15, 0.2) is 0 Å². The minimum absolute atomic E-state index is 0.0759. The Bertz CT molecular complexity index is 489. The lowest BCUT2D eigenvalue weighted by Crippen LogP contribution is -2.34.